The number of hydrogen-bond acceptors (Lipinski definition) is 3. The number of aromatic nitrogens is 2. The molecule has 0 bridgehead atoms. The molecule has 0 saturated heterocycles. The largest absolute Gasteiger partial charge is 0.351 e. The van der Waals surface area contributed by atoms with E-state index in [1.807, 2.05) is 6.92 Å². The van der Waals surface area contributed by atoms with Crippen molar-refractivity contribution in [2.24, 2.45) is 0 Å². The van der Waals surface area contributed by atoms with E-state index in [0.29, 0.717) is 37.3 Å². The monoisotopic (exact) mass is 330 g/mol. The van der Waals surface area contributed by atoms with Gasteiger partial charge >= 0.3 is 0 Å². The predicted molar refractivity (Wildman–Crippen MR) is 86.1 cm³/mol. The zero-order valence-corrected chi connectivity index (χ0v) is 13.4. The van der Waals surface area contributed by atoms with Crippen LogP contribution in [0.2, 0.25) is 0 Å². The average Bonchev–Trinajstić information content (AvgIpc) is 3.03. The molecular formula is C17H19FN4O2. The van der Waals surface area contributed by atoms with Crippen LogP contribution >= 0.6 is 0 Å². The van der Waals surface area contributed by atoms with Gasteiger partial charge in [-0.2, -0.15) is 5.10 Å². The van der Waals surface area contributed by atoms with Crippen molar-refractivity contribution in [3.8, 4) is 0 Å². The second kappa shape index (κ2) is 6.82. The third kappa shape index (κ3) is 3.15. The van der Waals surface area contributed by atoms with Crippen LogP contribution < -0.4 is 5.32 Å². The molecule has 0 saturated carbocycles. The summed E-state index contributed by atoms with van der Waals surface area (Å²) in [6.45, 7) is 3.40. The maximum absolute atomic E-state index is 13.0. The third-order valence-electron chi connectivity index (χ3n) is 4.06. The molecule has 24 heavy (non-hydrogen) atoms. The summed E-state index contributed by atoms with van der Waals surface area (Å²) in [5.41, 5.74) is 2.42. The molecule has 0 unspecified atom stereocenters. The van der Waals surface area contributed by atoms with E-state index in [9.17, 15) is 14.0 Å². The summed E-state index contributed by atoms with van der Waals surface area (Å²) in [7, 11) is 0. The molecule has 1 aromatic carbocycles. The lowest BCUT2D eigenvalue weighted by Crippen LogP contribution is -2.37. The van der Waals surface area contributed by atoms with Gasteiger partial charge in [0.25, 0.3) is 11.8 Å². The minimum atomic E-state index is -0.378. The molecule has 1 aromatic heterocycles. The molecule has 2 amide bonds. The molecule has 7 heteroatoms. The zero-order chi connectivity index (χ0) is 17.1. The fourth-order valence-electron chi connectivity index (χ4n) is 2.75. The lowest BCUT2D eigenvalue weighted by Gasteiger charge is -2.27. The van der Waals surface area contributed by atoms with Crippen LogP contribution in [-0.4, -0.2) is 40.0 Å². The van der Waals surface area contributed by atoms with Gasteiger partial charge in [-0.1, -0.05) is 6.92 Å². The Morgan fingerprint density at radius 2 is 2.08 bits per heavy atom. The number of nitrogens with one attached hydrogen (secondary N) is 2. The number of hydrogen-bond donors (Lipinski definition) is 2. The van der Waals surface area contributed by atoms with Crippen LogP contribution in [0.4, 0.5) is 4.39 Å². The average molecular weight is 330 g/mol. The van der Waals surface area contributed by atoms with Crippen molar-refractivity contribution in [3.63, 3.8) is 0 Å². The maximum Gasteiger partial charge on any atom is 0.272 e. The molecule has 0 atom stereocenters. The SMILES string of the molecule is CCCNC(=O)c1n[nH]c2c1CN(C(=O)c1ccc(F)cc1)CC2. The van der Waals surface area contributed by atoms with E-state index in [1.54, 1.807) is 4.90 Å². The molecule has 3 rings (SSSR count). The predicted octanol–water partition coefficient (Wildman–Crippen LogP) is 1.89. The first kappa shape index (κ1) is 16.2. The number of carbonyl (C=O) groups is 2. The molecule has 2 N–H and O–H groups in total. The van der Waals surface area contributed by atoms with Gasteiger partial charge in [0.1, 0.15) is 5.82 Å². The Morgan fingerprint density at radius 3 is 2.79 bits per heavy atom. The first-order chi connectivity index (χ1) is 11.6. The van der Waals surface area contributed by atoms with Crippen LogP contribution in [0.15, 0.2) is 24.3 Å². The highest BCUT2D eigenvalue weighted by Crippen LogP contribution is 2.22. The summed E-state index contributed by atoms with van der Waals surface area (Å²) in [5, 5.41) is 9.80. The normalized spacial score (nSPS) is 13.5. The van der Waals surface area contributed by atoms with Gasteiger partial charge in [-0.05, 0) is 30.7 Å². The number of halogens is 1. The minimum Gasteiger partial charge on any atom is -0.351 e. The van der Waals surface area contributed by atoms with Gasteiger partial charge in [-0.3, -0.25) is 14.7 Å². The molecule has 2 aromatic rings. The van der Waals surface area contributed by atoms with Crippen LogP contribution in [0.3, 0.4) is 0 Å². The second-order valence-electron chi connectivity index (χ2n) is 5.77. The van der Waals surface area contributed by atoms with Crippen molar-refractivity contribution in [1.29, 1.82) is 0 Å². The van der Waals surface area contributed by atoms with Crippen LogP contribution in [0.25, 0.3) is 0 Å². The topological polar surface area (TPSA) is 78.1 Å². The molecule has 126 valence electrons. The number of H-pyrrole nitrogens is 1. The van der Waals surface area contributed by atoms with E-state index in [0.717, 1.165) is 17.7 Å². The molecule has 0 aliphatic carbocycles. The molecular weight excluding hydrogens is 311 g/mol. The van der Waals surface area contributed by atoms with Gasteiger partial charge in [0.2, 0.25) is 0 Å². The van der Waals surface area contributed by atoms with Crippen molar-refractivity contribution < 1.29 is 14.0 Å². The third-order valence-corrected chi connectivity index (χ3v) is 4.06. The second-order valence-corrected chi connectivity index (χ2v) is 5.77. The Kier molecular flexibility index (Phi) is 4.59. The Bertz CT molecular complexity index is 754. The van der Waals surface area contributed by atoms with Crippen molar-refractivity contribution in [1.82, 2.24) is 20.4 Å². The number of rotatable bonds is 4. The Balaban J connectivity index is 1.78. The molecule has 1 aliphatic heterocycles. The highest BCUT2D eigenvalue weighted by molar-refractivity contribution is 5.96. The molecule has 0 radical (unpaired) electrons. The summed E-state index contributed by atoms with van der Waals surface area (Å²) in [4.78, 5) is 26.4. The number of fused-ring (bicyclic) bond motifs is 1. The van der Waals surface area contributed by atoms with E-state index >= 15 is 0 Å². The number of nitrogens with zero attached hydrogens (tertiary/aromatic N) is 2. The first-order valence-electron chi connectivity index (χ1n) is 7.99. The van der Waals surface area contributed by atoms with E-state index in [4.69, 9.17) is 0 Å². The van der Waals surface area contributed by atoms with Crippen LogP contribution in [0.1, 0.15) is 45.4 Å². The summed E-state index contributed by atoms with van der Waals surface area (Å²) in [6.07, 6.45) is 1.45. The molecule has 2 heterocycles. The van der Waals surface area contributed by atoms with Gasteiger partial charge in [-0.15, -0.1) is 0 Å². The molecule has 0 fully saturated rings. The van der Waals surface area contributed by atoms with E-state index in [2.05, 4.69) is 15.5 Å². The van der Waals surface area contributed by atoms with E-state index in [1.165, 1.54) is 24.3 Å². The minimum absolute atomic E-state index is 0.179. The van der Waals surface area contributed by atoms with Gasteiger partial charge in [-0.25, -0.2) is 4.39 Å². The number of carbonyl (C=O) groups excluding carboxylic acids is 2. The summed E-state index contributed by atoms with van der Waals surface area (Å²) >= 11 is 0. The summed E-state index contributed by atoms with van der Waals surface area (Å²) < 4.78 is 13.0. The standard InChI is InChI=1S/C17H19FN4O2/c1-2-8-19-16(23)15-13-10-22(9-7-14(13)20-21-15)17(24)11-3-5-12(18)6-4-11/h3-6H,2,7-10H2,1H3,(H,19,23)(H,20,21). The fourth-order valence-corrected chi connectivity index (χ4v) is 2.75. The molecule has 0 spiro atoms. The number of amides is 2. The van der Waals surface area contributed by atoms with Crippen molar-refractivity contribution in [2.45, 2.75) is 26.3 Å². The summed E-state index contributed by atoms with van der Waals surface area (Å²) in [6, 6.07) is 5.48. The Morgan fingerprint density at radius 1 is 1.33 bits per heavy atom. The zero-order valence-electron chi connectivity index (χ0n) is 13.4. The maximum atomic E-state index is 13.0. The van der Waals surface area contributed by atoms with Crippen molar-refractivity contribution in [2.75, 3.05) is 13.1 Å². The highest BCUT2D eigenvalue weighted by atomic mass is 19.1. The fraction of sp³-hybridized carbons (Fsp3) is 0.353. The van der Waals surface area contributed by atoms with E-state index in [-0.39, 0.29) is 17.6 Å². The Hall–Kier alpha value is -2.70. The van der Waals surface area contributed by atoms with E-state index < -0.39 is 0 Å². The number of aromatic amines is 1. The quantitative estimate of drug-likeness (QED) is 0.898. The van der Waals surface area contributed by atoms with Crippen molar-refractivity contribution in [3.05, 3.63) is 52.6 Å². The van der Waals surface area contributed by atoms with Gasteiger partial charge in [0.05, 0.1) is 6.54 Å². The van der Waals surface area contributed by atoms with Crippen LogP contribution in [0, 0.1) is 5.82 Å². The lowest BCUT2D eigenvalue weighted by atomic mass is 10.0. The van der Waals surface area contributed by atoms with Crippen LogP contribution in [0.5, 0.6) is 0 Å². The van der Waals surface area contributed by atoms with Gasteiger partial charge in [0, 0.05) is 36.3 Å². The number of benzene rings is 1. The highest BCUT2D eigenvalue weighted by Gasteiger charge is 2.28. The molecule has 1 aliphatic rings. The first-order valence-corrected chi connectivity index (χ1v) is 7.99. The molecule has 6 nitrogen and oxygen atoms in total. The van der Waals surface area contributed by atoms with Gasteiger partial charge < -0.3 is 10.2 Å². The lowest BCUT2D eigenvalue weighted by molar-refractivity contribution is 0.0731. The van der Waals surface area contributed by atoms with Gasteiger partial charge in [0.15, 0.2) is 5.69 Å². The van der Waals surface area contributed by atoms with Crippen molar-refractivity contribution >= 4 is 11.8 Å². The summed E-state index contributed by atoms with van der Waals surface area (Å²) in [5.74, 6) is -0.788. The smallest absolute Gasteiger partial charge is 0.272 e. The Labute approximate surface area is 139 Å². The van der Waals surface area contributed by atoms with Crippen LogP contribution in [-0.2, 0) is 13.0 Å².